The maximum absolute atomic E-state index is 12.8. The number of carbonyl (C=O) groups is 1. The van der Waals surface area contributed by atoms with E-state index < -0.39 is 0 Å². The van der Waals surface area contributed by atoms with Crippen molar-refractivity contribution in [2.45, 2.75) is 6.42 Å². The van der Waals surface area contributed by atoms with Crippen LogP contribution in [-0.2, 0) is 11.2 Å². The minimum absolute atomic E-state index is 0.324. The molecule has 4 heterocycles. The number of rotatable bonds is 2. The zero-order chi connectivity index (χ0) is 13.6. The van der Waals surface area contributed by atoms with E-state index in [1.165, 1.54) is 25.2 Å². The Morgan fingerprint density at radius 2 is 1.75 bits per heavy atom. The molecule has 0 unspecified atom stereocenters. The Morgan fingerprint density at radius 3 is 2.50 bits per heavy atom. The predicted molar refractivity (Wildman–Crippen MR) is 78.7 cm³/mol. The molecule has 0 aromatic heterocycles. The van der Waals surface area contributed by atoms with Crippen molar-refractivity contribution in [2.24, 2.45) is 0 Å². The van der Waals surface area contributed by atoms with Crippen LogP contribution < -0.4 is 4.90 Å². The highest BCUT2D eigenvalue weighted by Gasteiger charge is 2.41. The van der Waals surface area contributed by atoms with Gasteiger partial charge in [0.25, 0.3) is 5.91 Å². The molecule has 3 saturated heterocycles. The summed E-state index contributed by atoms with van der Waals surface area (Å²) in [6.45, 7) is 8.54. The van der Waals surface area contributed by atoms with Gasteiger partial charge in [0.05, 0.1) is 19.6 Å². The summed E-state index contributed by atoms with van der Waals surface area (Å²) in [5, 5.41) is 0. The van der Waals surface area contributed by atoms with Gasteiger partial charge in [-0.2, -0.15) is 0 Å². The lowest BCUT2D eigenvalue weighted by molar-refractivity contribution is -0.933. The van der Waals surface area contributed by atoms with E-state index in [2.05, 4.69) is 23.1 Å². The minimum Gasteiger partial charge on any atom is -0.313 e. The van der Waals surface area contributed by atoms with Gasteiger partial charge in [-0.1, -0.05) is 18.2 Å². The number of anilines is 1. The lowest BCUT2D eigenvalue weighted by Gasteiger charge is -2.50. The molecule has 3 fully saturated rings. The van der Waals surface area contributed by atoms with Gasteiger partial charge in [-0.15, -0.1) is 0 Å². The van der Waals surface area contributed by atoms with Crippen LogP contribution in [-0.4, -0.2) is 67.6 Å². The Balaban J connectivity index is 1.51. The van der Waals surface area contributed by atoms with E-state index in [0.717, 1.165) is 42.8 Å². The van der Waals surface area contributed by atoms with Crippen LogP contribution in [0.5, 0.6) is 0 Å². The highest BCUT2D eigenvalue weighted by molar-refractivity contribution is 5.96. The Hall–Kier alpha value is -1.39. The van der Waals surface area contributed by atoms with Crippen LogP contribution in [0.3, 0.4) is 0 Å². The summed E-state index contributed by atoms with van der Waals surface area (Å²) in [5.74, 6) is 0.324. The van der Waals surface area contributed by atoms with Crippen LogP contribution >= 0.6 is 0 Å². The van der Waals surface area contributed by atoms with Crippen LogP contribution in [0.4, 0.5) is 5.69 Å². The average Bonchev–Trinajstić information content (AvgIpc) is 2.93. The number of amides is 1. The first-order valence-electron chi connectivity index (χ1n) is 7.72. The molecule has 0 aliphatic carbocycles. The molecule has 20 heavy (non-hydrogen) atoms. The third kappa shape index (κ3) is 1.95. The Morgan fingerprint density at radius 1 is 1.05 bits per heavy atom. The second kappa shape index (κ2) is 4.57. The number of para-hydroxylation sites is 1. The topological polar surface area (TPSA) is 23.6 Å². The molecule has 4 heteroatoms. The number of quaternary nitrogens is 1. The van der Waals surface area contributed by atoms with E-state index in [4.69, 9.17) is 0 Å². The quantitative estimate of drug-likeness (QED) is 0.741. The Kier molecular flexibility index (Phi) is 2.82. The molecule has 4 nitrogen and oxygen atoms in total. The molecule has 1 amide bonds. The first-order valence-corrected chi connectivity index (χ1v) is 7.72. The number of benzene rings is 1. The number of hydrogen-bond donors (Lipinski definition) is 0. The van der Waals surface area contributed by atoms with Crippen molar-refractivity contribution in [1.82, 2.24) is 4.90 Å². The van der Waals surface area contributed by atoms with Crippen molar-refractivity contribution in [2.75, 3.05) is 57.3 Å². The zero-order valence-corrected chi connectivity index (χ0v) is 11.9. The van der Waals surface area contributed by atoms with E-state index >= 15 is 0 Å². The van der Waals surface area contributed by atoms with Crippen LogP contribution in [0.25, 0.3) is 0 Å². The van der Waals surface area contributed by atoms with E-state index in [9.17, 15) is 4.79 Å². The van der Waals surface area contributed by atoms with Crippen molar-refractivity contribution in [3.63, 3.8) is 0 Å². The number of fused-ring (bicyclic) bond motifs is 4. The van der Waals surface area contributed by atoms with E-state index in [1.807, 2.05) is 11.0 Å². The normalized spacial score (nSPS) is 31.4. The summed E-state index contributed by atoms with van der Waals surface area (Å²) >= 11 is 0. The van der Waals surface area contributed by atoms with E-state index in [1.54, 1.807) is 0 Å². The number of carbonyl (C=O) groups excluding carboxylic acids is 1. The van der Waals surface area contributed by atoms with Crippen molar-refractivity contribution in [3.8, 4) is 0 Å². The average molecular weight is 272 g/mol. The summed E-state index contributed by atoms with van der Waals surface area (Å²) in [5.41, 5.74) is 2.47. The third-order valence-electron chi connectivity index (χ3n) is 5.33. The highest BCUT2D eigenvalue weighted by Crippen LogP contribution is 2.28. The van der Waals surface area contributed by atoms with Crippen LogP contribution in [0.2, 0.25) is 0 Å². The fraction of sp³-hybridized carbons (Fsp3) is 0.562. The first-order chi connectivity index (χ1) is 9.76. The van der Waals surface area contributed by atoms with Gasteiger partial charge in [-0.05, 0) is 18.1 Å². The summed E-state index contributed by atoms with van der Waals surface area (Å²) in [4.78, 5) is 17.3. The van der Waals surface area contributed by atoms with Crippen molar-refractivity contribution >= 4 is 11.6 Å². The molecule has 0 spiro atoms. The molecule has 1 aromatic carbocycles. The summed E-state index contributed by atoms with van der Waals surface area (Å²) in [6.07, 6.45) is 1.01. The Bertz CT molecular complexity index is 521. The van der Waals surface area contributed by atoms with Gasteiger partial charge in [0.2, 0.25) is 0 Å². The lowest BCUT2D eigenvalue weighted by atomic mass is 10.1. The summed E-state index contributed by atoms with van der Waals surface area (Å²) in [7, 11) is 0. The predicted octanol–water partition coefficient (Wildman–Crippen LogP) is 0.722. The molecule has 0 atom stereocenters. The van der Waals surface area contributed by atoms with Gasteiger partial charge >= 0.3 is 0 Å². The van der Waals surface area contributed by atoms with Gasteiger partial charge in [-0.3, -0.25) is 9.69 Å². The lowest BCUT2D eigenvalue weighted by Crippen LogP contribution is -2.69. The maximum Gasteiger partial charge on any atom is 0.282 e. The monoisotopic (exact) mass is 272 g/mol. The molecule has 4 aliphatic heterocycles. The fourth-order valence-corrected chi connectivity index (χ4v) is 3.94. The van der Waals surface area contributed by atoms with Gasteiger partial charge in [0.1, 0.15) is 0 Å². The largest absolute Gasteiger partial charge is 0.313 e. The molecule has 0 radical (unpaired) electrons. The highest BCUT2D eigenvalue weighted by atomic mass is 16.2. The van der Waals surface area contributed by atoms with Crippen molar-refractivity contribution < 1.29 is 9.28 Å². The summed E-state index contributed by atoms with van der Waals surface area (Å²) in [6, 6.07) is 8.35. The van der Waals surface area contributed by atoms with Gasteiger partial charge < -0.3 is 9.38 Å². The second-order valence-corrected chi connectivity index (χ2v) is 6.44. The maximum atomic E-state index is 12.8. The van der Waals surface area contributed by atoms with Gasteiger partial charge in [0, 0.05) is 31.9 Å². The Labute approximate surface area is 120 Å². The minimum atomic E-state index is 0.324. The SMILES string of the molecule is O=C(C[N+]12CCN(CC1)CC2)N1CCc2ccccc21. The second-order valence-electron chi connectivity index (χ2n) is 6.44. The fourth-order valence-electron chi connectivity index (χ4n) is 3.94. The van der Waals surface area contributed by atoms with Crippen molar-refractivity contribution in [3.05, 3.63) is 29.8 Å². The van der Waals surface area contributed by atoms with Gasteiger partial charge in [-0.25, -0.2) is 0 Å². The zero-order valence-electron chi connectivity index (χ0n) is 11.9. The molecule has 106 valence electrons. The molecule has 4 aliphatic rings. The molecular weight excluding hydrogens is 250 g/mol. The molecule has 5 rings (SSSR count). The van der Waals surface area contributed by atoms with Crippen LogP contribution in [0.15, 0.2) is 24.3 Å². The van der Waals surface area contributed by atoms with E-state index in [-0.39, 0.29) is 0 Å². The molecule has 0 N–H and O–H groups in total. The molecule has 1 aromatic rings. The third-order valence-corrected chi connectivity index (χ3v) is 5.33. The standard InChI is InChI=1S/C16H22N3O/c20-16(13-19-10-7-17(8-11-19)9-12-19)18-6-5-14-3-1-2-4-15(14)18/h1-4H,5-13H2/q+1. The number of nitrogens with zero attached hydrogens (tertiary/aromatic N) is 3. The number of hydrogen-bond acceptors (Lipinski definition) is 2. The molecule has 0 saturated carbocycles. The first kappa shape index (κ1) is 12.4. The van der Waals surface area contributed by atoms with Crippen LogP contribution in [0.1, 0.15) is 5.56 Å². The van der Waals surface area contributed by atoms with E-state index in [0.29, 0.717) is 12.5 Å². The molecular formula is C16H22N3O+. The number of piperazine rings is 3. The van der Waals surface area contributed by atoms with Crippen LogP contribution in [0, 0.1) is 0 Å². The molecule has 2 bridgehead atoms. The summed E-state index contributed by atoms with van der Waals surface area (Å²) < 4.78 is 1.02. The van der Waals surface area contributed by atoms with Crippen molar-refractivity contribution in [1.29, 1.82) is 0 Å². The smallest absolute Gasteiger partial charge is 0.282 e. The van der Waals surface area contributed by atoms with Gasteiger partial charge in [0.15, 0.2) is 6.54 Å².